The van der Waals surface area contributed by atoms with Gasteiger partial charge in [-0.15, -0.1) is 11.3 Å². The number of amides is 2. The number of aromatic nitrogens is 2. The Labute approximate surface area is 116 Å². The van der Waals surface area contributed by atoms with Crippen LogP contribution in [-0.2, 0) is 6.54 Å². The number of nitrogens with zero attached hydrogens (tertiary/aromatic N) is 2. The topological polar surface area (TPSA) is 58.4 Å². The third-order valence-electron chi connectivity index (χ3n) is 3.59. The molecule has 2 aromatic rings. The molecule has 0 unspecified atom stereocenters. The van der Waals surface area contributed by atoms with Gasteiger partial charge in [0.15, 0.2) is 4.96 Å². The van der Waals surface area contributed by atoms with E-state index >= 15 is 0 Å². The predicted molar refractivity (Wildman–Crippen MR) is 75.3 cm³/mol. The van der Waals surface area contributed by atoms with Gasteiger partial charge in [-0.2, -0.15) is 0 Å². The lowest BCUT2D eigenvalue weighted by Gasteiger charge is -2.22. The summed E-state index contributed by atoms with van der Waals surface area (Å²) in [7, 11) is 0. The van der Waals surface area contributed by atoms with E-state index in [9.17, 15) is 4.79 Å². The molecule has 0 aromatic carbocycles. The van der Waals surface area contributed by atoms with Crippen molar-refractivity contribution in [2.75, 3.05) is 0 Å². The minimum atomic E-state index is -0.0636. The number of fused-ring (bicyclic) bond motifs is 1. The van der Waals surface area contributed by atoms with E-state index in [1.54, 1.807) is 17.5 Å². The van der Waals surface area contributed by atoms with Crippen molar-refractivity contribution in [1.82, 2.24) is 20.0 Å². The van der Waals surface area contributed by atoms with Gasteiger partial charge in [0.05, 0.1) is 12.2 Å². The van der Waals surface area contributed by atoms with Crippen LogP contribution in [0.25, 0.3) is 4.96 Å². The summed E-state index contributed by atoms with van der Waals surface area (Å²) in [5.41, 5.74) is 1.07. The first-order chi connectivity index (χ1) is 9.33. The standard InChI is InChI=1S/C13H18N4OS/c18-12(16-10-4-2-1-3-5-10)15-8-11-9-19-13-14-6-7-17(11)13/h6-7,9-10H,1-5,8H2,(H2,15,16,18). The average Bonchev–Trinajstić information content (AvgIpc) is 3.01. The maximum absolute atomic E-state index is 11.8. The molecule has 0 bridgehead atoms. The Morgan fingerprint density at radius 1 is 1.42 bits per heavy atom. The maximum Gasteiger partial charge on any atom is 0.315 e. The second kappa shape index (κ2) is 5.61. The molecular formula is C13H18N4OS. The molecule has 0 atom stereocenters. The molecule has 0 radical (unpaired) electrons. The second-order valence-electron chi connectivity index (χ2n) is 4.97. The van der Waals surface area contributed by atoms with Crippen molar-refractivity contribution in [2.24, 2.45) is 0 Å². The average molecular weight is 278 g/mol. The molecule has 0 saturated heterocycles. The van der Waals surface area contributed by atoms with Crippen LogP contribution in [-0.4, -0.2) is 21.5 Å². The summed E-state index contributed by atoms with van der Waals surface area (Å²) >= 11 is 1.59. The highest BCUT2D eigenvalue weighted by atomic mass is 32.1. The van der Waals surface area contributed by atoms with Gasteiger partial charge in [-0.3, -0.25) is 4.40 Å². The molecule has 2 amide bonds. The normalized spacial score (nSPS) is 16.6. The minimum absolute atomic E-state index is 0.0636. The highest BCUT2D eigenvalue weighted by molar-refractivity contribution is 7.15. The maximum atomic E-state index is 11.8. The summed E-state index contributed by atoms with van der Waals surface area (Å²) in [5.74, 6) is 0. The van der Waals surface area contributed by atoms with Gasteiger partial charge in [0.2, 0.25) is 0 Å². The van der Waals surface area contributed by atoms with Crippen molar-refractivity contribution in [3.63, 3.8) is 0 Å². The van der Waals surface area contributed by atoms with Gasteiger partial charge in [0.25, 0.3) is 0 Å². The number of thiazole rings is 1. The number of carbonyl (C=O) groups excluding carboxylic acids is 1. The largest absolute Gasteiger partial charge is 0.335 e. The van der Waals surface area contributed by atoms with Crippen LogP contribution in [0.5, 0.6) is 0 Å². The first-order valence-electron chi connectivity index (χ1n) is 6.77. The number of carbonyl (C=O) groups is 1. The van der Waals surface area contributed by atoms with E-state index in [4.69, 9.17) is 0 Å². The van der Waals surface area contributed by atoms with Gasteiger partial charge < -0.3 is 10.6 Å². The minimum Gasteiger partial charge on any atom is -0.335 e. The van der Waals surface area contributed by atoms with E-state index in [1.807, 2.05) is 16.0 Å². The number of imidazole rings is 1. The van der Waals surface area contributed by atoms with E-state index in [2.05, 4.69) is 15.6 Å². The molecule has 19 heavy (non-hydrogen) atoms. The van der Waals surface area contributed by atoms with E-state index in [1.165, 1.54) is 19.3 Å². The van der Waals surface area contributed by atoms with Gasteiger partial charge in [-0.05, 0) is 12.8 Å². The lowest BCUT2D eigenvalue weighted by Crippen LogP contribution is -2.42. The van der Waals surface area contributed by atoms with Crippen LogP contribution in [0.4, 0.5) is 4.79 Å². The molecule has 6 heteroatoms. The van der Waals surface area contributed by atoms with Crippen molar-refractivity contribution in [1.29, 1.82) is 0 Å². The van der Waals surface area contributed by atoms with Crippen LogP contribution in [0.15, 0.2) is 17.8 Å². The summed E-state index contributed by atoms with van der Waals surface area (Å²) in [6, 6.07) is 0.288. The summed E-state index contributed by atoms with van der Waals surface area (Å²) in [4.78, 5) is 17.0. The first-order valence-corrected chi connectivity index (χ1v) is 7.65. The van der Waals surface area contributed by atoms with Crippen LogP contribution in [0.3, 0.4) is 0 Å². The highest BCUT2D eigenvalue weighted by Gasteiger charge is 2.15. The molecule has 2 aromatic heterocycles. The zero-order chi connectivity index (χ0) is 13.1. The second-order valence-corrected chi connectivity index (χ2v) is 5.81. The van der Waals surface area contributed by atoms with Crippen molar-refractivity contribution >= 4 is 22.3 Å². The van der Waals surface area contributed by atoms with Crippen LogP contribution >= 0.6 is 11.3 Å². The molecular weight excluding hydrogens is 260 g/mol. The van der Waals surface area contributed by atoms with Gasteiger partial charge >= 0.3 is 6.03 Å². The molecule has 1 fully saturated rings. The number of hydrogen-bond acceptors (Lipinski definition) is 3. The van der Waals surface area contributed by atoms with Gasteiger partial charge in [0, 0.05) is 23.8 Å². The molecule has 1 saturated carbocycles. The monoisotopic (exact) mass is 278 g/mol. The number of rotatable bonds is 3. The summed E-state index contributed by atoms with van der Waals surface area (Å²) < 4.78 is 2.01. The molecule has 0 aliphatic heterocycles. The lowest BCUT2D eigenvalue weighted by atomic mass is 9.96. The van der Waals surface area contributed by atoms with E-state index in [0.717, 1.165) is 23.5 Å². The summed E-state index contributed by atoms with van der Waals surface area (Å²) in [6.45, 7) is 0.537. The van der Waals surface area contributed by atoms with E-state index < -0.39 is 0 Å². The van der Waals surface area contributed by atoms with Crippen LogP contribution in [0, 0.1) is 0 Å². The number of nitrogens with one attached hydrogen (secondary N) is 2. The zero-order valence-electron chi connectivity index (χ0n) is 10.8. The Morgan fingerprint density at radius 2 is 2.26 bits per heavy atom. The van der Waals surface area contributed by atoms with Crippen molar-refractivity contribution in [3.05, 3.63) is 23.5 Å². The zero-order valence-corrected chi connectivity index (χ0v) is 11.6. The van der Waals surface area contributed by atoms with Crippen LogP contribution in [0.2, 0.25) is 0 Å². The number of hydrogen-bond donors (Lipinski definition) is 2. The fourth-order valence-corrected chi connectivity index (χ4v) is 3.41. The Hall–Kier alpha value is -1.56. The van der Waals surface area contributed by atoms with E-state index in [-0.39, 0.29) is 6.03 Å². The molecule has 2 heterocycles. The molecule has 2 N–H and O–H groups in total. The van der Waals surface area contributed by atoms with Gasteiger partial charge in [0.1, 0.15) is 0 Å². The Morgan fingerprint density at radius 3 is 3.11 bits per heavy atom. The Bertz CT molecular complexity index is 556. The molecule has 1 aliphatic rings. The number of urea groups is 1. The fourth-order valence-electron chi connectivity index (χ4n) is 2.55. The fraction of sp³-hybridized carbons (Fsp3) is 0.538. The Kier molecular flexibility index (Phi) is 3.68. The summed E-state index contributed by atoms with van der Waals surface area (Å²) in [5, 5.41) is 8.00. The van der Waals surface area contributed by atoms with Gasteiger partial charge in [-0.1, -0.05) is 19.3 Å². The third kappa shape index (κ3) is 2.89. The summed E-state index contributed by atoms with van der Waals surface area (Å²) in [6.07, 6.45) is 9.66. The SMILES string of the molecule is O=C(NCc1csc2nccn12)NC1CCCCC1. The molecule has 5 nitrogen and oxygen atoms in total. The van der Waals surface area contributed by atoms with Crippen molar-refractivity contribution in [3.8, 4) is 0 Å². The quantitative estimate of drug-likeness (QED) is 0.906. The van der Waals surface area contributed by atoms with Crippen molar-refractivity contribution in [2.45, 2.75) is 44.7 Å². The van der Waals surface area contributed by atoms with Gasteiger partial charge in [-0.25, -0.2) is 9.78 Å². The first kappa shape index (κ1) is 12.5. The third-order valence-corrected chi connectivity index (χ3v) is 4.49. The molecule has 1 aliphatic carbocycles. The predicted octanol–water partition coefficient (Wildman–Crippen LogP) is 2.53. The highest BCUT2D eigenvalue weighted by Crippen LogP contribution is 2.17. The van der Waals surface area contributed by atoms with Crippen LogP contribution in [0.1, 0.15) is 37.8 Å². The molecule has 102 valence electrons. The van der Waals surface area contributed by atoms with Crippen molar-refractivity contribution < 1.29 is 4.79 Å². The molecule has 3 rings (SSSR count). The molecule has 0 spiro atoms. The smallest absolute Gasteiger partial charge is 0.315 e. The lowest BCUT2D eigenvalue weighted by molar-refractivity contribution is 0.232. The van der Waals surface area contributed by atoms with Crippen LogP contribution < -0.4 is 10.6 Å². The Balaban J connectivity index is 1.51. The van der Waals surface area contributed by atoms with E-state index in [0.29, 0.717) is 12.6 Å².